The van der Waals surface area contributed by atoms with Gasteiger partial charge in [0.15, 0.2) is 5.16 Å². The zero-order valence-electron chi connectivity index (χ0n) is 15.9. The van der Waals surface area contributed by atoms with Gasteiger partial charge >= 0.3 is 0 Å². The van der Waals surface area contributed by atoms with Crippen molar-refractivity contribution in [1.29, 1.82) is 5.26 Å². The molecule has 1 fully saturated rings. The van der Waals surface area contributed by atoms with Crippen LogP contribution in [-0.2, 0) is 11.3 Å². The lowest BCUT2D eigenvalue weighted by Gasteiger charge is -2.22. The molecule has 0 unspecified atom stereocenters. The lowest BCUT2D eigenvalue weighted by molar-refractivity contribution is -0.119. The largest absolute Gasteiger partial charge is 0.337 e. The third-order valence-electron chi connectivity index (χ3n) is 4.73. The number of carbonyl (C=O) groups is 1. The van der Waals surface area contributed by atoms with Crippen LogP contribution in [0.3, 0.4) is 0 Å². The van der Waals surface area contributed by atoms with Gasteiger partial charge in [0.05, 0.1) is 22.7 Å². The van der Waals surface area contributed by atoms with Crippen molar-refractivity contribution in [2.75, 3.05) is 5.75 Å². The molecule has 2 aromatic rings. The Morgan fingerprint density at radius 2 is 2.15 bits per heavy atom. The first-order chi connectivity index (χ1) is 12.8. The molecule has 1 aromatic carbocycles. The van der Waals surface area contributed by atoms with Gasteiger partial charge in [-0.2, -0.15) is 5.26 Å². The van der Waals surface area contributed by atoms with E-state index >= 15 is 0 Å². The van der Waals surface area contributed by atoms with Crippen molar-refractivity contribution in [2.24, 2.45) is 11.8 Å². The zero-order chi connectivity index (χ0) is 19.6. The molecule has 27 heavy (non-hydrogen) atoms. The van der Waals surface area contributed by atoms with E-state index in [1.54, 1.807) is 23.6 Å². The Balaban J connectivity index is 1.82. The second kappa shape index (κ2) is 7.73. The predicted molar refractivity (Wildman–Crippen MR) is 106 cm³/mol. The van der Waals surface area contributed by atoms with Crippen LogP contribution in [0.5, 0.6) is 0 Å². The molecule has 1 amide bonds. The summed E-state index contributed by atoms with van der Waals surface area (Å²) in [7, 11) is 0. The molecule has 0 saturated heterocycles. The number of rotatable bonds is 7. The molecule has 1 aromatic heterocycles. The first kappa shape index (κ1) is 19.4. The van der Waals surface area contributed by atoms with E-state index in [1.807, 2.05) is 26.0 Å². The minimum atomic E-state index is -0.813. The summed E-state index contributed by atoms with van der Waals surface area (Å²) >= 11 is 1.24. The maximum Gasteiger partial charge on any atom is 0.262 e. The molecule has 0 radical (unpaired) electrons. The molecule has 0 spiro atoms. The molecule has 1 N–H and O–H groups in total. The SMILES string of the molecule is CC(C)Cn1c(SCC(=O)N[C@@](C)(C#N)C2CC2)nc2ccccc2c1=O. The van der Waals surface area contributed by atoms with Crippen molar-refractivity contribution in [3.05, 3.63) is 34.6 Å². The summed E-state index contributed by atoms with van der Waals surface area (Å²) in [4.78, 5) is 29.9. The molecule has 0 bridgehead atoms. The highest BCUT2D eigenvalue weighted by Gasteiger charge is 2.42. The fourth-order valence-corrected chi connectivity index (χ4v) is 3.93. The van der Waals surface area contributed by atoms with Crippen molar-refractivity contribution in [2.45, 2.75) is 50.9 Å². The van der Waals surface area contributed by atoms with Crippen LogP contribution in [0.2, 0.25) is 0 Å². The number of benzene rings is 1. The number of hydrogen-bond acceptors (Lipinski definition) is 5. The number of nitrogens with one attached hydrogen (secondary N) is 1. The molecule has 0 aliphatic heterocycles. The summed E-state index contributed by atoms with van der Waals surface area (Å²) in [6.45, 7) is 6.39. The molecule has 3 rings (SSSR count). The van der Waals surface area contributed by atoms with E-state index in [4.69, 9.17) is 0 Å². The Bertz CT molecular complexity index is 959. The fourth-order valence-electron chi connectivity index (χ4n) is 3.12. The number of aromatic nitrogens is 2. The minimum absolute atomic E-state index is 0.0861. The molecular weight excluding hydrogens is 360 g/mol. The van der Waals surface area contributed by atoms with Gasteiger partial charge in [-0.15, -0.1) is 0 Å². The van der Waals surface area contributed by atoms with Crippen LogP contribution < -0.4 is 10.9 Å². The molecule has 6 nitrogen and oxygen atoms in total. The fraction of sp³-hybridized carbons (Fsp3) is 0.500. The lowest BCUT2D eigenvalue weighted by Crippen LogP contribution is -2.47. The highest BCUT2D eigenvalue weighted by molar-refractivity contribution is 7.99. The van der Waals surface area contributed by atoms with Gasteiger partial charge in [0.2, 0.25) is 5.91 Å². The van der Waals surface area contributed by atoms with Crippen LogP contribution in [-0.4, -0.2) is 26.8 Å². The standard InChI is InChI=1S/C20H24N4O2S/c1-13(2)10-24-18(26)15-6-4-5-7-16(15)22-19(24)27-11-17(25)23-20(3,12-21)14-8-9-14/h4-7,13-14H,8-11H2,1-3H3,(H,23,25)/t20-/m0/s1. The Kier molecular flexibility index (Phi) is 5.56. The number of para-hydroxylation sites is 1. The van der Waals surface area contributed by atoms with E-state index in [0.717, 1.165) is 12.8 Å². The van der Waals surface area contributed by atoms with Gasteiger partial charge in [0.1, 0.15) is 5.54 Å². The highest BCUT2D eigenvalue weighted by Crippen LogP contribution is 2.39. The van der Waals surface area contributed by atoms with Crippen LogP contribution in [0.15, 0.2) is 34.2 Å². The summed E-state index contributed by atoms with van der Waals surface area (Å²) in [6.07, 6.45) is 1.94. The van der Waals surface area contributed by atoms with Crippen LogP contribution in [0, 0.1) is 23.2 Å². The second-order valence-electron chi connectivity index (χ2n) is 7.65. The van der Waals surface area contributed by atoms with Gasteiger partial charge in [-0.1, -0.05) is 37.7 Å². The van der Waals surface area contributed by atoms with E-state index < -0.39 is 5.54 Å². The first-order valence-electron chi connectivity index (χ1n) is 9.18. The van der Waals surface area contributed by atoms with Gasteiger partial charge in [-0.05, 0) is 43.7 Å². The third-order valence-corrected chi connectivity index (χ3v) is 5.71. The smallest absolute Gasteiger partial charge is 0.262 e. The third kappa shape index (κ3) is 4.33. The number of fused-ring (bicyclic) bond motifs is 1. The van der Waals surface area contributed by atoms with Crippen molar-refractivity contribution in [3.63, 3.8) is 0 Å². The molecule has 1 aliphatic rings. The quantitative estimate of drug-likeness (QED) is 0.586. The average molecular weight is 385 g/mol. The van der Waals surface area contributed by atoms with Gasteiger partial charge in [0, 0.05) is 6.54 Å². The zero-order valence-corrected chi connectivity index (χ0v) is 16.7. The highest BCUT2D eigenvalue weighted by atomic mass is 32.2. The predicted octanol–water partition coefficient (Wildman–Crippen LogP) is 2.95. The van der Waals surface area contributed by atoms with Gasteiger partial charge in [-0.3, -0.25) is 14.2 Å². The molecule has 142 valence electrons. The number of nitriles is 1. The van der Waals surface area contributed by atoms with Crippen molar-refractivity contribution in [1.82, 2.24) is 14.9 Å². The first-order valence-corrected chi connectivity index (χ1v) is 10.2. The maximum absolute atomic E-state index is 12.9. The van der Waals surface area contributed by atoms with Crippen molar-refractivity contribution in [3.8, 4) is 6.07 Å². The monoisotopic (exact) mass is 384 g/mol. The van der Waals surface area contributed by atoms with Gasteiger partial charge in [-0.25, -0.2) is 4.98 Å². The van der Waals surface area contributed by atoms with Gasteiger partial charge < -0.3 is 5.32 Å². The van der Waals surface area contributed by atoms with E-state index in [9.17, 15) is 14.9 Å². The van der Waals surface area contributed by atoms with Crippen molar-refractivity contribution >= 4 is 28.6 Å². The Labute approximate surface area is 163 Å². The average Bonchev–Trinajstić information content (AvgIpc) is 3.48. The minimum Gasteiger partial charge on any atom is -0.337 e. The van der Waals surface area contributed by atoms with Crippen LogP contribution in [0.1, 0.15) is 33.6 Å². The Morgan fingerprint density at radius 3 is 2.78 bits per heavy atom. The number of thioether (sulfide) groups is 1. The van der Waals surface area contributed by atoms with E-state index in [2.05, 4.69) is 16.4 Å². The van der Waals surface area contributed by atoms with E-state index in [-0.39, 0.29) is 29.1 Å². The van der Waals surface area contributed by atoms with E-state index in [0.29, 0.717) is 22.6 Å². The normalized spacial score (nSPS) is 16.1. The summed E-state index contributed by atoms with van der Waals surface area (Å²) < 4.78 is 1.65. The Morgan fingerprint density at radius 1 is 1.44 bits per heavy atom. The maximum atomic E-state index is 12.9. The van der Waals surface area contributed by atoms with Crippen molar-refractivity contribution < 1.29 is 4.79 Å². The van der Waals surface area contributed by atoms with Crippen LogP contribution in [0.4, 0.5) is 0 Å². The molecular formula is C20H24N4O2S. The summed E-state index contributed by atoms with van der Waals surface area (Å²) in [6, 6.07) is 9.48. The lowest BCUT2D eigenvalue weighted by atomic mass is 9.98. The summed E-state index contributed by atoms with van der Waals surface area (Å²) in [5.41, 5.74) is -0.270. The molecule has 7 heteroatoms. The number of carbonyl (C=O) groups excluding carboxylic acids is 1. The van der Waals surface area contributed by atoms with Gasteiger partial charge in [0.25, 0.3) is 5.56 Å². The van der Waals surface area contributed by atoms with E-state index in [1.165, 1.54) is 11.8 Å². The number of amides is 1. The second-order valence-corrected chi connectivity index (χ2v) is 8.59. The topological polar surface area (TPSA) is 87.8 Å². The summed E-state index contributed by atoms with van der Waals surface area (Å²) in [5.74, 6) is 0.409. The number of nitrogens with zero attached hydrogens (tertiary/aromatic N) is 3. The summed E-state index contributed by atoms with van der Waals surface area (Å²) in [5, 5.41) is 13.4. The Hall–Kier alpha value is -2.33. The molecule has 1 heterocycles. The van der Waals surface area contributed by atoms with Crippen LogP contribution in [0.25, 0.3) is 10.9 Å². The number of hydrogen-bond donors (Lipinski definition) is 1. The molecule has 1 aliphatic carbocycles. The van der Waals surface area contributed by atoms with Crippen LogP contribution >= 0.6 is 11.8 Å². The molecule has 1 saturated carbocycles. The molecule has 1 atom stereocenters.